The first-order valence-electron chi connectivity index (χ1n) is 6.69. The molecule has 8 heteroatoms. The van der Waals surface area contributed by atoms with Gasteiger partial charge in [-0.3, -0.25) is 10.1 Å². The molecule has 1 aromatic rings. The molecule has 1 saturated heterocycles. The number of piperidine rings is 1. The largest absolute Gasteiger partial charge is 0.476 e. The highest BCUT2D eigenvalue weighted by Gasteiger charge is 2.32. The van der Waals surface area contributed by atoms with Gasteiger partial charge in [-0.1, -0.05) is 0 Å². The molecule has 1 unspecified atom stereocenters. The summed E-state index contributed by atoms with van der Waals surface area (Å²) in [5.74, 6) is 0.331. The number of hydrogen-bond donors (Lipinski definition) is 1. The Bertz CT molecular complexity index is 480. The third-order valence-corrected chi connectivity index (χ3v) is 3.54. The van der Waals surface area contributed by atoms with Gasteiger partial charge in [-0.25, -0.2) is 4.98 Å². The summed E-state index contributed by atoms with van der Waals surface area (Å²) in [7, 11) is 1.37. The van der Waals surface area contributed by atoms with E-state index >= 15 is 0 Å². The van der Waals surface area contributed by atoms with Gasteiger partial charge in [0.1, 0.15) is 6.33 Å². The Morgan fingerprint density at radius 2 is 2.35 bits per heavy atom. The summed E-state index contributed by atoms with van der Waals surface area (Å²) >= 11 is 0. The van der Waals surface area contributed by atoms with Crippen molar-refractivity contribution >= 4 is 11.5 Å². The summed E-state index contributed by atoms with van der Waals surface area (Å²) in [4.78, 5) is 20.7. The van der Waals surface area contributed by atoms with Crippen molar-refractivity contribution in [1.29, 1.82) is 0 Å². The van der Waals surface area contributed by atoms with Crippen LogP contribution < -0.4 is 15.4 Å². The topological polar surface area (TPSA) is 107 Å². The quantitative estimate of drug-likeness (QED) is 0.636. The average Bonchev–Trinajstić information content (AvgIpc) is 2.47. The molecule has 2 N–H and O–H groups in total. The number of ether oxygens (including phenoxy) is 1. The zero-order valence-electron chi connectivity index (χ0n) is 11.5. The van der Waals surface area contributed by atoms with E-state index in [1.54, 1.807) is 0 Å². The zero-order valence-corrected chi connectivity index (χ0v) is 11.5. The van der Waals surface area contributed by atoms with Crippen LogP contribution in [0.15, 0.2) is 6.33 Å². The fraction of sp³-hybridized carbons (Fsp3) is 0.667. The minimum atomic E-state index is -0.484. The first-order valence-corrected chi connectivity index (χ1v) is 6.69. The van der Waals surface area contributed by atoms with Gasteiger partial charge in [-0.15, -0.1) is 0 Å². The van der Waals surface area contributed by atoms with E-state index in [0.29, 0.717) is 12.4 Å². The molecular weight excluding hydrogens is 262 g/mol. The molecule has 0 aliphatic carbocycles. The summed E-state index contributed by atoms with van der Waals surface area (Å²) in [6, 6.07) is 0.187. The Labute approximate surface area is 117 Å². The van der Waals surface area contributed by atoms with Gasteiger partial charge in [0, 0.05) is 12.6 Å². The van der Waals surface area contributed by atoms with Crippen LogP contribution in [0.5, 0.6) is 5.88 Å². The molecule has 0 bridgehead atoms. The maximum Gasteiger partial charge on any atom is 0.372 e. The Balaban J connectivity index is 2.41. The van der Waals surface area contributed by atoms with Gasteiger partial charge in [-0.2, -0.15) is 4.98 Å². The molecule has 1 atom stereocenters. The monoisotopic (exact) mass is 281 g/mol. The normalized spacial score (nSPS) is 18.9. The minimum absolute atomic E-state index is 0.00271. The minimum Gasteiger partial charge on any atom is -0.476 e. The molecule has 0 spiro atoms. The average molecular weight is 281 g/mol. The fourth-order valence-electron chi connectivity index (χ4n) is 2.65. The van der Waals surface area contributed by atoms with Gasteiger partial charge < -0.3 is 15.4 Å². The number of hydrogen-bond acceptors (Lipinski definition) is 7. The number of nitro groups is 1. The molecule has 2 heterocycles. The lowest BCUT2D eigenvalue weighted by molar-refractivity contribution is -0.385. The molecule has 110 valence electrons. The Kier molecular flexibility index (Phi) is 4.67. The highest BCUT2D eigenvalue weighted by Crippen LogP contribution is 2.36. The van der Waals surface area contributed by atoms with Crippen molar-refractivity contribution in [2.75, 3.05) is 25.1 Å². The van der Waals surface area contributed by atoms with Crippen molar-refractivity contribution in [3.8, 4) is 5.88 Å². The van der Waals surface area contributed by atoms with Crippen molar-refractivity contribution in [2.45, 2.75) is 31.7 Å². The van der Waals surface area contributed by atoms with Crippen LogP contribution in [0.25, 0.3) is 0 Å². The van der Waals surface area contributed by atoms with Crippen LogP contribution >= 0.6 is 0 Å². The van der Waals surface area contributed by atoms with E-state index in [-0.39, 0.29) is 17.6 Å². The van der Waals surface area contributed by atoms with Gasteiger partial charge in [0.05, 0.1) is 12.0 Å². The van der Waals surface area contributed by atoms with Gasteiger partial charge >= 0.3 is 5.69 Å². The second kappa shape index (κ2) is 6.47. The lowest BCUT2D eigenvalue weighted by Gasteiger charge is -2.36. The van der Waals surface area contributed by atoms with Crippen LogP contribution in [0.3, 0.4) is 0 Å². The van der Waals surface area contributed by atoms with E-state index in [2.05, 4.69) is 9.97 Å². The van der Waals surface area contributed by atoms with Crippen molar-refractivity contribution < 1.29 is 9.66 Å². The number of anilines is 1. The maximum atomic E-state index is 11.3. The van der Waals surface area contributed by atoms with E-state index in [0.717, 1.165) is 32.2 Å². The summed E-state index contributed by atoms with van der Waals surface area (Å²) in [5, 5.41) is 11.3. The molecule has 0 saturated carbocycles. The van der Waals surface area contributed by atoms with E-state index in [9.17, 15) is 10.1 Å². The SMILES string of the molecule is COc1ncnc(N2CCCCC2CCN)c1[N+](=O)[O-]. The second-order valence-electron chi connectivity index (χ2n) is 4.73. The first-order chi connectivity index (χ1) is 9.69. The Morgan fingerprint density at radius 3 is 3.00 bits per heavy atom. The third kappa shape index (κ3) is 2.79. The van der Waals surface area contributed by atoms with E-state index < -0.39 is 4.92 Å². The van der Waals surface area contributed by atoms with Crippen molar-refractivity contribution in [2.24, 2.45) is 5.73 Å². The van der Waals surface area contributed by atoms with Crippen LogP contribution in [0.2, 0.25) is 0 Å². The number of aromatic nitrogens is 2. The summed E-state index contributed by atoms with van der Waals surface area (Å²) in [5.41, 5.74) is 5.47. The lowest BCUT2D eigenvalue weighted by atomic mass is 9.99. The Hall–Kier alpha value is -1.96. The summed E-state index contributed by atoms with van der Waals surface area (Å²) < 4.78 is 4.99. The van der Waals surface area contributed by atoms with Gasteiger partial charge in [-0.05, 0) is 32.2 Å². The maximum absolute atomic E-state index is 11.3. The molecule has 20 heavy (non-hydrogen) atoms. The van der Waals surface area contributed by atoms with Crippen LogP contribution in [0.4, 0.5) is 11.5 Å². The molecule has 1 aromatic heterocycles. The summed E-state index contributed by atoms with van der Waals surface area (Å²) in [6.45, 7) is 1.29. The summed E-state index contributed by atoms with van der Waals surface area (Å²) in [6.07, 6.45) is 5.17. The molecular formula is C12H19N5O3. The molecule has 0 radical (unpaired) electrons. The number of methoxy groups -OCH3 is 1. The molecule has 2 rings (SSSR count). The number of nitrogens with two attached hydrogens (primary N) is 1. The molecule has 1 aliphatic heterocycles. The fourth-order valence-corrected chi connectivity index (χ4v) is 2.65. The smallest absolute Gasteiger partial charge is 0.372 e. The van der Waals surface area contributed by atoms with Crippen molar-refractivity contribution in [3.63, 3.8) is 0 Å². The number of rotatable bonds is 5. The van der Waals surface area contributed by atoms with E-state index in [4.69, 9.17) is 10.5 Å². The Morgan fingerprint density at radius 1 is 1.55 bits per heavy atom. The van der Waals surface area contributed by atoms with Gasteiger partial charge in [0.2, 0.25) is 5.82 Å². The van der Waals surface area contributed by atoms with Gasteiger partial charge in [0.25, 0.3) is 5.88 Å². The lowest BCUT2D eigenvalue weighted by Crippen LogP contribution is -2.41. The third-order valence-electron chi connectivity index (χ3n) is 3.54. The van der Waals surface area contributed by atoms with Gasteiger partial charge in [0.15, 0.2) is 0 Å². The van der Waals surface area contributed by atoms with Crippen LogP contribution in [-0.2, 0) is 0 Å². The standard InChI is InChI=1S/C12H19N5O3/c1-20-12-10(17(18)19)11(14-8-15-12)16-7-3-2-4-9(16)5-6-13/h8-9H,2-7,13H2,1H3. The van der Waals surface area contributed by atoms with Crippen molar-refractivity contribution in [1.82, 2.24) is 9.97 Å². The molecule has 0 amide bonds. The van der Waals surface area contributed by atoms with E-state index in [1.807, 2.05) is 4.90 Å². The first kappa shape index (κ1) is 14.4. The molecule has 1 fully saturated rings. The van der Waals surface area contributed by atoms with Crippen LogP contribution in [0, 0.1) is 10.1 Å². The van der Waals surface area contributed by atoms with Crippen LogP contribution in [0.1, 0.15) is 25.7 Å². The van der Waals surface area contributed by atoms with E-state index in [1.165, 1.54) is 13.4 Å². The van der Waals surface area contributed by atoms with Crippen molar-refractivity contribution in [3.05, 3.63) is 16.4 Å². The van der Waals surface area contributed by atoms with Crippen LogP contribution in [-0.4, -0.2) is 41.1 Å². The zero-order chi connectivity index (χ0) is 14.5. The second-order valence-corrected chi connectivity index (χ2v) is 4.73. The predicted octanol–water partition coefficient (Wildman–Crippen LogP) is 1.10. The highest BCUT2D eigenvalue weighted by atomic mass is 16.6. The number of nitrogens with zero attached hydrogens (tertiary/aromatic N) is 4. The predicted molar refractivity (Wildman–Crippen MR) is 73.9 cm³/mol. The molecule has 8 nitrogen and oxygen atoms in total. The molecule has 0 aromatic carbocycles. The highest BCUT2D eigenvalue weighted by molar-refractivity contribution is 5.63. The molecule has 1 aliphatic rings.